The Morgan fingerprint density at radius 2 is 1.77 bits per heavy atom. The lowest BCUT2D eigenvalue weighted by molar-refractivity contribution is 0.340. The summed E-state index contributed by atoms with van der Waals surface area (Å²) in [5.41, 5.74) is 1.81. The first-order valence-corrected chi connectivity index (χ1v) is 12.1. The van der Waals surface area contributed by atoms with E-state index >= 15 is 0 Å². The zero-order valence-electron chi connectivity index (χ0n) is 17.0. The van der Waals surface area contributed by atoms with Crippen molar-refractivity contribution in [1.82, 2.24) is 14.3 Å². The molecule has 3 aromatic rings. The highest BCUT2D eigenvalue weighted by atomic mass is 32.2. The van der Waals surface area contributed by atoms with Gasteiger partial charge in [0.1, 0.15) is 22.1 Å². The highest BCUT2D eigenvalue weighted by Crippen LogP contribution is 2.27. The molecule has 1 aliphatic rings. The zero-order chi connectivity index (χ0) is 21.1. The number of rotatable bonds is 6. The van der Waals surface area contributed by atoms with Gasteiger partial charge in [-0.05, 0) is 50.2 Å². The molecule has 158 valence electrons. The van der Waals surface area contributed by atoms with E-state index in [0.717, 1.165) is 27.7 Å². The van der Waals surface area contributed by atoms with Gasteiger partial charge in [0, 0.05) is 42.7 Å². The van der Waals surface area contributed by atoms with Crippen molar-refractivity contribution in [3.63, 3.8) is 0 Å². The summed E-state index contributed by atoms with van der Waals surface area (Å²) in [7, 11) is -3.43. The van der Waals surface area contributed by atoms with Crippen LogP contribution in [0.25, 0.3) is 11.3 Å². The molecule has 0 unspecified atom stereocenters. The summed E-state index contributed by atoms with van der Waals surface area (Å²) in [5, 5.41) is 0. The average molecular weight is 445 g/mol. The number of hydrogen-bond acceptors (Lipinski definition) is 7. The molecule has 0 saturated carbocycles. The molecule has 2 aromatic heterocycles. The monoisotopic (exact) mass is 444 g/mol. The smallest absolute Gasteiger partial charge is 0.252 e. The number of benzene rings is 1. The van der Waals surface area contributed by atoms with Gasteiger partial charge in [-0.15, -0.1) is 11.3 Å². The maximum atomic E-state index is 12.8. The van der Waals surface area contributed by atoms with Crippen LogP contribution in [0.2, 0.25) is 0 Å². The number of anilines is 1. The second-order valence-corrected chi connectivity index (χ2v) is 10.4. The molecule has 30 heavy (non-hydrogen) atoms. The van der Waals surface area contributed by atoms with Crippen LogP contribution in [0.5, 0.6) is 5.75 Å². The molecule has 0 atom stereocenters. The van der Waals surface area contributed by atoms with Crippen molar-refractivity contribution in [2.24, 2.45) is 0 Å². The van der Waals surface area contributed by atoms with Gasteiger partial charge in [-0.1, -0.05) is 0 Å². The van der Waals surface area contributed by atoms with Crippen LogP contribution in [0.1, 0.15) is 11.8 Å². The molecule has 1 saturated heterocycles. The van der Waals surface area contributed by atoms with Crippen molar-refractivity contribution in [2.45, 2.75) is 18.1 Å². The highest BCUT2D eigenvalue weighted by Gasteiger charge is 2.30. The third kappa shape index (κ3) is 4.33. The molecule has 0 N–H and O–H groups in total. The zero-order valence-corrected chi connectivity index (χ0v) is 18.6. The van der Waals surface area contributed by atoms with Crippen molar-refractivity contribution in [1.29, 1.82) is 0 Å². The Morgan fingerprint density at radius 1 is 1.03 bits per heavy atom. The summed E-state index contributed by atoms with van der Waals surface area (Å²) in [5.74, 6) is 1.63. The Hall–Kier alpha value is -2.49. The van der Waals surface area contributed by atoms with Gasteiger partial charge in [0.2, 0.25) is 0 Å². The Bertz CT molecular complexity index is 1110. The number of hydrogen-bond donors (Lipinski definition) is 0. The summed E-state index contributed by atoms with van der Waals surface area (Å²) in [6, 6.07) is 13.3. The topological polar surface area (TPSA) is 75.6 Å². The van der Waals surface area contributed by atoms with Gasteiger partial charge in [-0.3, -0.25) is 0 Å². The number of aromatic nitrogens is 2. The summed E-state index contributed by atoms with van der Waals surface area (Å²) < 4.78 is 33.1. The molecule has 1 aromatic carbocycles. The third-order valence-corrected chi connectivity index (χ3v) is 8.35. The minimum atomic E-state index is -3.43. The Balaban J connectivity index is 1.46. The predicted octanol–water partition coefficient (Wildman–Crippen LogP) is 3.42. The number of thiophene rings is 1. The molecule has 0 aliphatic carbocycles. The third-order valence-electron chi connectivity index (χ3n) is 4.99. The Morgan fingerprint density at radius 3 is 2.40 bits per heavy atom. The summed E-state index contributed by atoms with van der Waals surface area (Å²) >= 11 is 1.32. The van der Waals surface area contributed by atoms with Gasteiger partial charge in [-0.25, -0.2) is 18.4 Å². The van der Waals surface area contributed by atoms with Crippen molar-refractivity contribution in [3.8, 4) is 17.0 Å². The summed E-state index contributed by atoms with van der Waals surface area (Å²) in [4.78, 5) is 11.9. The summed E-state index contributed by atoms with van der Waals surface area (Å²) in [6.07, 6.45) is 1.55. The van der Waals surface area contributed by atoms with Crippen molar-refractivity contribution >= 4 is 27.2 Å². The van der Waals surface area contributed by atoms with Crippen LogP contribution in [0.4, 0.5) is 5.82 Å². The van der Waals surface area contributed by atoms with Gasteiger partial charge >= 0.3 is 0 Å². The van der Waals surface area contributed by atoms with Crippen LogP contribution in [-0.4, -0.2) is 55.5 Å². The van der Waals surface area contributed by atoms with Crippen LogP contribution in [0, 0.1) is 6.92 Å². The molecule has 0 spiro atoms. The van der Waals surface area contributed by atoms with Gasteiger partial charge in [0.25, 0.3) is 10.0 Å². The molecule has 1 aliphatic heterocycles. The lowest BCUT2D eigenvalue weighted by atomic mass is 10.1. The molecular formula is C21H24N4O3S2. The normalized spacial score (nSPS) is 15.3. The number of nitrogens with zero attached hydrogens (tertiary/aromatic N) is 4. The largest absolute Gasteiger partial charge is 0.494 e. The van der Waals surface area contributed by atoms with E-state index < -0.39 is 10.0 Å². The molecule has 4 rings (SSSR count). The van der Waals surface area contributed by atoms with E-state index in [0.29, 0.717) is 37.0 Å². The number of ether oxygens (including phenoxy) is 1. The fourth-order valence-electron chi connectivity index (χ4n) is 3.40. The minimum absolute atomic E-state index is 0.410. The minimum Gasteiger partial charge on any atom is -0.494 e. The SMILES string of the molecule is CCOc1ccc(-c2cc(N3CCN(S(=O)(=O)c4ccc(C)s4)CC3)ncn2)cc1. The fourth-order valence-corrected chi connectivity index (χ4v) is 6.26. The van der Waals surface area contributed by atoms with Crippen molar-refractivity contribution in [2.75, 3.05) is 37.7 Å². The average Bonchev–Trinajstić information content (AvgIpc) is 3.22. The maximum absolute atomic E-state index is 12.8. The highest BCUT2D eigenvalue weighted by molar-refractivity contribution is 7.91. The van der Waals surface area contributed by atoms with Crippen molar-refractivity contribution < 1.29 is 13.2 Å². The van der Waals surface area contributed by atoms with E-state index in [1.54, 1.807) is 16.7 Å². The molecule has 7 nitrogen and oxygen atoms in total. The first-order valence-electron chi connectivity index (χ1n) is 9.84. The van der Waals surface area contributed by atoms with E-state index in [2.05, 4.69) is 14.9 Å². The van der Waals surface area contributed by atoms with Gasteiger partial charge < -0.3 is 9.64 Å². The van der Waals surface area contributed by atoms with E-state index in [1.807, 2.05) is 50.2 Å². The van der Waals surface area contributed by atoms with Gasteiger partial charge in [0.05, 0.1) is 12.3 Å². The number of piperazine rings is 1. The molecule has 0 bridgehead atoms. The van der Waals surface area contributed by atoms with Crippen LogP contribution in [0.3, 0.4) is 0 Å². The first kappa shape index (κ1) is 20.8. The Kier molecular flexibility index (Phi) is 6.03. The van der Waals surface area contributed by atoms with E-state index in [-0.39, 0.29) is 0 Å². The number of sulfonamides is 1. The molecule has 9 heteroatoms. The standard InChI is InChI=1S/C21H24N4O3S2/c1-3-28-18-7-5-17(6-8-18)19-14-20(23-15-22-19)24-10-12-25(13-11-24)30(26,27)21-9-4-16(2)29-21/h4-9,14-15H,3,10-13H2,1-2H3. The van der Waals surface area contributed by atoms with Gasteiger partial charge in [-0.2, -0.15) is 4.31 Å². The fraction of sp³-hybridized carbons (Fsp3) is 0.333. The molecule has 0 radical (unpaired) electrons. The molecule has 1 fully saturated rings. The predicted molar refractivity (Wildman–Crippen MR) is 119 cm³/mol. The van der Waals surface area contributed by atoms with Crippen LogP contribution >= 0.6 is 11.3 Å². The van der Waals surface area contributed by atoms with Crippen LogP contribution < -0.4 is 9.64 Å². The summed E-state index contributed by atoms with van der Waals surface area (Å²) in [6.45, 7) is 6.54. The van der Waals surface area contributed by atoms with E-state index in [1.165, 1.54) is 11.3 Å². The van der Waals surface area contributed by atoms with E-state index in [4.69, 9.17) is 4.74 Å². The lowest BCUT2D eigenvalue weighted by Crippen LogP contribution is -2.48. The quantitative estimate of drug-likeness (QED) is 0.580. The van der Waals surface area contributed by atoms with Crippen molar-refractivity contribution in [3.05, 3.63) is 53.7 Å². The van der Waals surface area contributed by atoms with E-state index in [9.17, 15) is 8.42 Å². The van der Waals surface area contributed by atoms with Crippen LogP contribution in [0.15, 0.2) is 53.0 Å². The molecule has 0 amide bonds. The first-order chi connectivity index (χ1) is 14.5. The number of aryl methyl sites for hydroxylation is 1. The Labute approximate surface area is 181 Å². The maximum Gasteiger partial charge on any atom is 0.252 e. The molecule has 3 heterocycles. The lowest BCUT2D eigenvalue weighted by Gasteiger charge is -2.34. The van der Waals surface area contributed by atoms with Crippen LogP contribution in [-0.2, 0) is 10.0 Å². The van der Waals surface area contributed by atoms with Gasteiger partial charge in [0.15, 0.2) is 0 Å². The second-order valence-electron chi connectivity index (χ2n) is 6.98. The second kappa shape index (κ2) is 8.71. The molecular weight excluding hydrogens is 420 g/mol.